The van der Waals surface area contributed by atoms with Crippen LogP contribution in [0.4, 0.5) is 0 Å². The number of halogens is 1. The number of allylic oxidation sites excluding steroid dienone is 1. The average Bonchev–Trinajstić information content (AvgIpc) is 3.60. The Labute approximate surface area is 355 Å². The van der Waals surface area contributed by atoms with Crippen LogP contribution >= 0.6 is 0 Å². The second-order valence-corrected chi connectivity index (χ2v) is 18.7. The van der Waals surface area contributed by atoms with E-state index in [0.717, 1.165) is 49.2 Å². The van der Waals surface area contributed by atoms with Crippen LogP contribution in [0, 0.1) is 46.3 Å². The Morgan fingerprint density at radius 1 is 0.810 bits per heavy atom. The van der Waals surface area contributed by atoms with Crippen LogP contribution in [0.25, 0.3) is 11.1 Å². The number of fused-ring (bicyclic) bond motifs is 5. The lowest BCUT2D eigenvalue weighted by molar-refractivity contribution is -0.360. The number of ether oxygens (including phenoxy) is 2. The molecule has 7 heteroatoms. The smallest absolute Gasteiger partial charge is 0.361 e. The van der Waals surface area contributed by atoms with Gasteiger partial charge in [0.05, 0.1) is 6.54 Å². The van der Waals surface area contributed by atoms with E-state index in [1.807, 2.05) is 11.9 Å². The number of rotatable bonds is 14. The van der Waals surface area contributed by atoms with Gasteiger partial charge in [-0.25, -0.2) is 4.79 Å². The number of hydrogen-bond donors (Lipinski definition) is 1. The Morgan fingerprint density at radius 3 is 2.12 bits per heavy atom. The van der Waals surface area contributed by atoms with Crippen molar-refractivity contribution in [2.45, 2.75) is 111 Å². The SMILES string of the molecule is CC/C(=C(\c1ccccc1)c1ccc(OCCN(C)C(=O)CC[C@@H](C)[C@H]2CC[C@H]3[C@@H]4CC[C@@H]5C[C@H](OC(=O)C[NH3+])CC[C@]5(C)[C@H]4CC[C@]23C)cc1)c1ccccc1.[Cl-]. The molecule has 6 nitrogen and oxygen atoms in total. The number of quaternary nitrogens is 1. The van der Waals surface area contributed by atoms with Crippen molar-refractivity contribution in [1.82, 2.24) is 4.90 Å². The van der Waals surface area contributed by atoms with E-state index in [4.69, 9.17) is 9.47 Å². The van der Waals surface area contributed by atoms with Crippen molar-refractivity contribution in [2.24, 2.45) is 46.3 Å². The molecule has 0 heterocycles. The van der Waals surface area contributed by atoms with Gasteiger partial charge < -0.3 is 32.5 Å². The summed E-state index contributed by atoms with van der Waals surface area (Å²) in [6.07, 6.45) is 13.7. The number of nitrogens with zero attached hydrogens (tertiary/aromatic N) is 1. The second kappa shape index (κ2) is 19.2. The van der Waals surface area contributed by atoms with Gasteiger partial charge >= 0.3 is 5.97 Å². The van der Waals surface area contributed by atoms with Crippen molar-refractivity contribution in [2.75, 3.05) is 26.7 Å². The molecule has 58 heavy (non-hydrogen) atoms. The predicted molar refractivity (Wildman–Crippen MR) is 230 cm³/mol. The van der Waals surface area contributed by atoms with Crippen LogP contribution in [0.5, 0.6) is 5.75 Å². The van der Waals surface area contributed by atoms with E-state index >= 15 is 0 Å². The Balaban J connectivity index is 0.00000567. The summed E-state index contributed by atoms with van der Waals surface area (Å²) < 4.78 is 12.0. The van der Waals surface area contributed by atoms with Gasteiger partial charge in [0.25, 0.3) is 0 Å². The molecule has 0 bridgehead atoms. The molecule has 4 aliphatic rings. The van der Waals surface area contributed by atoms with Crippen LogP contribution in [0.1, 0.15) is 121 Å². The average molecular weight is 810 g/mol. The molecule has 0 unspecified atom stereocenters. The molecule has 3 N–H and O–H groups in total. The largest absolute Gasteiger partial charge is 1.00 e. The van der Waals surface area contributed by atoms with Crippen molar-refractivity contribution in [1.29, 1.82) is 0 Å². The van der Waals surface area contributed by atoms with Crippen LogP contribution in [-0.2, 0) is 14.3 Å². The van der Waals surface area contributed by atoms with Crippen LogP contribution in [-0.4, -0.2) is 49.6 Å². The predicted octanol–water partition coefficient (Wildman–Crippen LogP) is 7.13. The van der Waals surface area contributed by atoms with Crippen molar-refractivity contribution >= 4 is 23.0 Å². The number of hydrogen-bond acceptors (Lipinski definition) is 4. The van der Waals surface area contributed by atoms with E-state index < -0.39 is 0 Å². The molecule has 7 rings (SSSR count). The molecule has 3 aromatic carbocycles. The zero-order chi connectivity index (χ0) is 40.2. The minimum Gasteiger partial charge on any atom is -1.00 e. The molecular weight excluding hydrogens is 740 g/mol. The molecular formula is C51H69ClN2O4. The van der Waals surface area contributed by atoms with Crippen molar-refractivity contribution in [3.8, 4) is 5.75 Å². The number of esters is 1. The molecule has 3 aromatic rings. The zero-order valence-corrected chi connectivity index (χ0v) is 36.7. The molecule has 4 fully saturated rings. The topological polar surface area (TPSA) is 83.5 Å². The molecule has 0 radical (unpaired) electrons. The molecule has 0 aromatic heterocycles. The lowest BCUT2D eigenvalue weighted by atomic mass is 9.44. The third-order valence-electron chi connectivity index (χ3n) is 15.8. The molecule has 1 amide bonds. The van der Waals surface area contributed by atoms with Gasteiger partial charge in [-0.05, 0) is 157 Å². The number of amides is 1. The van der Waals surface area contributed by atoms with E-state index in [-0.39, 0.29) is 36.9 Å². The fourth-order valence-electron chi connectivity index (χ4n) is 12.7. The first-order chi connectivity index (χ1) is 27.6. The van der Waals surface area contributed by atoms with Gasteiger partial charge in [0.2, 0.25) is 5.91 Å². The lowest BCUT2D eigenvalue weighted by Gasteiger charge is -2.61. The summed E-state index contributed by atoms with van der Waals surface area (Å²) in [5, 5.41) is 0. The molecule has 0 saturated heterocycles. The Morgan fingerprint density at radius 2 is 1.45 bits per heavy atom. The number of carbonyl (C=O) groups is 2. The summed E-state index contributed by atoms with van der Waals surface area (Å²) in [5.41, 5.74) is 10.7. The fourth-order valence-corrected chi connectivity index (χ4v) is 12.7. The highest BCUT2D eigenvalue weighted by molar-refractivity contribution is 5.98. The summed E-state index contributed by atoms with van der Waals surface area (Å²) in [7, 11) is 1.93. The van der Waals surface area contributed by atoms with Crippen LogP contribution in [0.15, 0.2) is 84.9 Å². The van der Waals surface area contributed by atoms with Crippen LogP contribution < -0.4 is 22.9 Å². The van der Waals surface area contributed by atoms with Gasteiger partial charge in [0.15, 0.2) is 6.54 Å². The third-order valence-corrected chi connectivity index (χ3v) is 15.8. The first-order valence-electron chi connectivity index (χ1n) is 22.4. The highest BCUT2D eigenvalue weighted by atomic mass is 35.5. The molecule has 314 valence electrons. The van der Waals surface area contributed by atoms with Crippen molar-refractivity contribution < 1.29 is 37.2 Å². The van der Waals surface area contributed by atoms with Gasteiger partial charge in [-0.2, -0.15) is 0 Å². The molecule has 9 atom stereocenters. The molecule has 0 spiro atoms. The normalized spacial score (nSPS) is 29.7. The number of likely N-dealkylation sites (N-methyl/N-ethyl adjacent to an activating group) is 1. The Hall–Kier alpha value is -3.61. The first-order valence-corrected chi connectivity index (χ1v) is 22.4. The van der Waals surface area contributed by atoms with Gasteiger partial charge in [-0.3, -0.25) is 4.79 Å². The van der Waals surface area contributed by atoms with E-state index in [0.29, 0.717) is 48.2 Å². The van der Waals surface area contributed by atoms with Gasteiger partial charge in [0.1, 0.15) is 18.5 Å². The highest BCUT2D eigenvalue weighted by Crippen LogP contribution is 2.68. The lowest BCUT2D eigenvalue weighted by Crippen LogP contribution is -3.00. The number of benzene rings is 3. The number of carbonyl (C=O) groups excluding carboxylic acids is 2. The van der Waals surface area contributed by atoms with Crippen LogP contribution in [0.3, 0.4) is 0 Å². The summed E-state index contributed by atoms with van der Waals surface area (Å²) in [4.78, 5) is 27.3. The van der Waals surface area contributed by atoms with E-state index in [1.54, 1.807) is 0 Å². The quantitative estimate of drug-likeness (QED) is 0.139. The zero-order valence-electron chi connectivity index (χ0n) is 35.9. The molecule has 4 saturated carbocycles. The maximum atomic E-state index is 13.4. The third kappa shape index (κ3) is 9.09. The summed E-state index contributed by atoms with van der Waals surface area (Å²) in [5.74, 6) is 5.20. The van der Waals surface area contributed by atoms with E-state index in [2.05, 4.69) is 118 Å². The summed E-state index contributed by atoms with van der Waals surface area (Å²) in [6, 6.07) is 29.8. The summed E-state index contributed by atoms with van der Waals surface area (Å²) >= 11 is 0. The van der Waals surface area contributed by atoms with Crippen molar-refractivity contribution in [3.05, 3.63) is 102 Å². The molecule has 0 aliphatic heterocycles. The monoisotopic (exact) mass is 808 g/mol. The fraction of sp³-hybridized carbons (Fsp3) is 0.569. The maximum absolute atomic E-state index is 13.4. The van der Waals surface area contributed by atoms with E-state index in [9.17, 15) is 9.59 Å². The maximum Gasteiger partial charge on any atom is 0.361 e. The van der Waals surface area contributed by atoms with E-state index in [1.165, 1.54) is 72.8 Å². The van der Waals surface area contributed by atoms with Crippen LogP contribution in [0.2, 0.25) is 0 Å². The van der Waals surface area contributed by atoms with Crippen molar-refractivity contribution in [3.63, 3.8) is 0 Å². The minimum absolute atomic E-state index is 0. The Kier molecular flexibility index (Phi) is 14.5. The highest BCUT2D eigenvalue weighted by Gasteiger charge is 2.60. The van der Waals surface area contributed by atoms with Gasteiger partial charge in [0, 0.05) is 13.5 Å². The first kappa shape index (κ1) is 44.0. The van der Waals surface area contributed by atoms with Gasteiger partial charge in [-0.15, -0.1) is 0 Å². The Bertz CT molecular complexity index is 1850. The summed E-state index contributed by atoms with van der Waals surface area (Å²) in [6.45, 7) is 11.1. The standard InChI is InChI=1S/C51H68N2O4.ClH/c1-6-42(36-13-9-7-10-14-36)49(37-15-11-8-12-16-37)38-18-21-40(22-19-38)56-32-31-53(5)47(54)26-17-35(2)44-24-25-45-43-23-20-39-33-41(57-48(55)34-52)27-29-50(39,3)46(43)28-30-51(44,45)4;/h7-16,18-19,21-22,35,39,41,43-46H,6,17,20,23-34,52H2,1-5H3;1H/b49-42-;/t35-,39-,41-,43+,44-,45+,46+,50+,51-;/m1./s1. The van der Waals surface area contributed by atoms with Gasteiger partial charge in [-0.1, -0.05) is 100 Å². The second-order valence-electron chi connectivity index (χ2n) is 18.7. The minimum atomic E-state index is -0.145. The molecule has 4 aliphatic carbocycles.